The van der Waals surface area contributed by atoms with Gasteiger partial charge in [0, 0.05) is 38.8 Å². The fourth-order valence-corrected chi connectivity index (χ4v) is 5.34. The van der Waals surface area contributed by atoms with E-state index in [1.807, 2.05) is 30.3 Å². The van der Waals surface area contributed by atoms with Gasteiger partial charge in [-0.25, -0.2) is 0 Å². The molecule has 1 saturated heterocycles. The van der Waals surface area contributed by atoms with E-state index in [9.17, 15) is 26.3 Å². The van der Waals surface area contributed by atoms with Crippen molar-refractivity contribution in [1.29, 1.82) is 0 Å². The second kappa shape index (κ2) is 11.7. The molecule has 3 aromatic carbocycles. The molecule has 40 heavy (non-hydrogen) atoms. The molecule has 214 valence electrons. The van der Waals surface area contributed by atoms with Crippen molar-refractivity contribution >= 4 is 0 Å². The van der Waals surface area contributed by atoms with E-state index in [1.165, 1.54) is 23.1 Å². The number of nitrogens with one attached hydrogen (secondary N) is 1. The van der Waals surface area contributed by atoms with Gasteiger partial charge in [0.05, 0.1) is 0 Å². The molecule has 0 aliphatic carbocycles. The molecule has 3 unspecified atom stereocenters. The first-order valence-corrected chi connectivity index (χ1v) is 12.9. The molecule has 0 spiro atoms. The highest BCUT2D eigenvalue weighted by Gasteiger charge is 2.57. The zero-order valence-electron chi connectivity index (χ0n) is 21.5. The summed E-state index contributed by atoms with van der Waals surface area (Å²) < 4.78 is 97.5. The molecule has 3 aromatic rings. The van der Waals surface area contributed by atoms with Gasteiger partial charge in [-0.15, -0.1) is 0 Å². The third-order valence-corrected chi connectivity index (χ3v) is 7.31. The number of fused-ring (bicyclic) bond motifs is 1. The lowest BCUT2D eigenvalue weighted by atomic mass is 9.97. The van der Waals surface area contributed by atoms with Gasteiger partial charge in [-0.1, -0.05) is 66.7 Å². The molecule has 2 aliphatic rings. The number of piperazine rings is 1. The molecule has 0 radical (unpaired) electrons. The Morgan fingerprint density at radius 2 is 1.35 bits per heavy atom. The highest BCUT2D eigenvalue weighted by atomic mass is 19.4. The standard InChI is InChI=1S/C29H29F6N3O2/c30-28(31,32)26-17-37(23(22-9-5-2-6-10-22)15-36-14-20-7-3-1-4-8-20)18-27(29(33,34)35)38(26)16-21-11-12-24-25(13-21)40-19-39-24/h1-13,23,26-27,36H,14-19H2. The Balaban J connectivity index is 1.43. The van der Waals surface area contributed by atoms with Crippen LogP contribution in [0, 0.1) is 0 Å². The monoisotopic (exact) mass is 565 g/mol. The van der Waals surface area contributed by atoms with Crippen molar-refractivity contribution in [3.8, 4) is 11.5 Å². The van der Waals surface area contributed by atoms with Gasteiger partial charge < -0.3 is 14.8 Å². The molecular formula is C29H29F6N3O2. The Labute approximate surface area is 228 Å². The van der Waals surface area contributed by atoms with Gasteiger partial charge in [0.2, 0.25) is 6.79 Å². The average Bonchev–Trinajstić information content (AvgIpc) is 3.39. The van der Waals surface area contributed by atoms with E-state index in [1.54, 1.807) is 30.3 Å². The summed E-state index contributed by atoms with van der Waals surface area (Å²) in [5.41, 5.74) is 1.89. The van der Waals surface area contributed by atoms with Gasteiger partial charge in [-0.3, -0.25) is 9.80 Å². The maximum atomic E-state index is 14.5. The van der Waals surface area contributed by atoms with Crippen LogP contribution < -0.4 is 14.8 Å². The Kier molecular flexibility index (Phi) is 8.25. The van der Waals surface area contributed by atoms with Gasteiger partial charge in [0.1, 0.15) is 12.1 Å². The van der Waals surface area contributed by atoms with Crippen LogP contribution >= 0.6 is 0 Å². The molecule has 1 fully saturated rings. The number of benzene rings is 3. The maximum absolute atomic E-state index is 14.5. The summed E-state index contributed by atoms with van der Waals surface area (Å²) in [6.07, 6.45) is -9.78. The first kappa shape index (κ1) is 28.3. The van der Waals surface area contributed by atoms with E-state index in [0.29, 0.717) is 28.5 Å². The highest BCUT2D eigenvalue weighted by molar-refractivity contribution is 5.44. The third-order valence-electron chi connectivity index (χ3n) is 7.31. The SMILES string of the molecule is FC(F)(F)C1CN(C(CNCc2ccccc2)c2ccccc2)CC(C(F)(F)F)N1Cc1ccc2c(c1)OCO2. The van der Waals surface area contributed by atoms with Crippen molar-refractivity contribution in [3.63, 3.8) is 0 Å². The van der Waals surface area contributed by atoms with E-state index in [4.69, 9.17) is 9.47 Å². The summed E-state index contributed by atoms with van der Waals surface area (Å²) in [7, 11) is 0. The van der Waals surface area contributed by atoms with Gasteiger partial charge >= 0.3 is 12.4 Å². The molecule has 0 aromatic heterocycles. The second-order valence-corrected chi connectivity index (χ2v) is 9.97. The topological polar surface area (TPSA) is 37.0 Å². The zero-order chi connectivity index (χ0) is 28.3. The molecule has 11 heteroatoms. The van der Waals surface area contributed by atoms with Crippen molar-refractivity contribution in [2.24, 2.45) is 0 Å². The van der Waals surface area contributed by atoms with Crippen LogP contribution in [-0.2, 0) is 13.1 Å². The molecule has 1 N–H and O–H groups in total. The largest absolute Gasteiger partial charge is 0.454 e. The van der Waals surface area contributed by atoms with E-state index >= 15 is 0 Å². The van der Waals surface area contributed by atoms with Crippen LogP contribution in [-0.4, -0.2) is 60.7 Å². The molecular weight excluding hydrogens is 536 g/mol. The molecule has 3 atom stereocenters. The van der Waals surface area contributed by atoms with Gasteiger partial charge in [0.25, 0.3) is 0 Å². The number of rotatable bonds is 8. The first-order chi connectivity index (χ1) is 19.1. The van der Waals surface area contributed by atoms with Crippen LogP contribution in [0.4, 0.5) is 26.3 Å². The molecule has 2 aliphatic heterocycles. The van der Waals surface area contributed by atoms with Crippen molar-refractivity contribution in [2.45, 2.75) is 43.6 Å². The molecule has 2 heterocycles. The zero-order valence-corrected chi connectivity index (χ0v) is 21.5. The predicted octanol–water partition coefficient (Wildman–Crippen LogP) is 5.93. The lowest BCUT2D eigenvalue weighted by Gasteiger charge is -2.49. The smallest absolute Gasteiger partial charge is 0.405 e. The van der Waals surface area contributed by atoms with Crippen LogP contribution in [0.5, 0.6) is 11.5 Å². The van der Waals surface area contributed by atoms with E-state index in [2.05, 4.69) is 5.32 Å². The second-order valence-electron chi connectivity index (χ2n) is 9.97. The van der Waals surface area contributed by atoms with Crippen LogP contribution in [0.2, 0.25) is 0 Å². The third kappa shape index (κ3) is 6.54. The summed E-state index contributed by atoms with van der Waals surface area (Å²) in [6.45, 7) is -1.19. The lowest BCUT2D eigenvalue weighted by molar-refractivity contribution is -0.258. The summed E-state index contributed by atoms with van der Waals surface area (Å²) >= 11 is 0. The Hall–Kier alpha value is -3.28. The van der Waals surface area contributed by atoms with Crippen LogP contribution in [0.1, 0.15) is 22.7 Å². The van der Waals surface area contributed by atoms with Gasteiger partial charge in [-0.05, 0) is 28.8 Å². The Morgan fingerprint density at radius 1 is 0.750 bits per heavy atom. The quantitative estimate of drug-likeness (QED) is 0.343. The van der Waals surface area contributed by atoms with Gasteiger partial charge in [-0.2, -0.15) is 26.3 Å². The fourth-order valence-electron chi connectivity index (χ4n) is 5.34. The van der Waals surface area contributed by atoms with Gasteiger partial charge in [0.15, 0.2) is 11.5 Å². The molecule has 0 saturated carbocycles. The summed E-state index contributed by atoms with van der Waals surface area (Å²) in [5.74, 6) is 0.707. The number of alkyl halides is 6. The minimum absolute atomic E-state index is 0.0486. The summed E-state index contributed by atoms with van der Waals surface area (Å²) in [6, 6.07) is 17.2. The fraction of sp³-hybridized carbons (Fsp3) is 0.379. The normalized spacial score (nSPS) is 20.9. The molecule has 5 nitrogen and oxygen atoms in total. The van der Waals surface area contributed by atoms with E-state index < -0.39 is 50.1 Å². The van der Waals surface area contributed by atoms with Crippen molar-refractivity contribution in [1.82, 2.24) is 15.1 Å². The summed E-state index contributed by atoms with van der Waals surface area (Å²) in [5, 5.41) is 3.24. The highest BCUT2D eigenvalue weighted by Crippen LogP contribution is 2.40. The molecule has 0 amide bonds. The van der Waals surface area contributed by atoms with E-state index in [-0.39, 0.29) is 18.9 Å². The number of ether oxygens (including phenoxy) is 2. The van der Waals surface area contributed by atoms with Crippen molar-refractivity contribution in [3.05, 3.63) is 95.6 Å². The van der Waals surface area contributed by atoms with Crippen LogP contribution in [0.25, 0.3) is 0 Å². The minimum atomic E-state index is -4.89. The maximum Gasteiger partial charge on any atom is 0.405 e. The minimum Gasteiger partial charge on any atom is -0.454 e. The number of halogens is 6. The Bertz CT molecular complexity index is 1230. The molecule has 0 bridgehead atoms. The number of hydrogen-bond acceptors (Lipinski definition) is 5. The first-order valence-electron chi connectivity index (χ1n) is 12.9. The summed E-state index contributed by atoms with van der Waals surface area (Å²) in [4.78, 5) is 1.85. The van der Waals surface area contributed by atoms with Crippen molar-refractivity contribution in [2.75, 3.05) is 26.4 Å². The number of hydrogen-bond donors (Lipinski definition) is 1. The van der Waals surface area contributed by atoms with Crippen LogP contribution in [0.15, 0.2) is 78.9 Å². The van der Waals surface area contributed by atoms with E-state index in [0.717, 1.165) is 5.56 Å². The molecule has 5 rings (SSSR count). The average molecular weight is 566 g/mol. The van der Waals surface area contributed by atoms with Crippen LogP contribution in [0.3, 0.4) is 0 Å². The number of nitrogens with zero attached hydrogens (tertiary/aromatic N) is 2. The van der Waals surface area contributed by atoms with Crippen molar-refractivity contribution < 1.29 is 35.8 Å². The Morgan fingerprint density at radius 3 is 1.98 bits per heavy atom. The predicted molar refractivity (Wildman–Crippen MR) is 137 cm³/mol. The lowest BCUT2D eigenvalue weighted by Crippen LogP contribution is -2.67.